The molecule has 0 fully saturated rings. The van der Waals surface area contributed by atoms with Crippen LogP contribution < -0.4 is 11.1 Å². The molecule has 1 rings (SSSR count). The number of hydrogen-bond acceptors (Lipinski definition) is 4. The molecule has 24 heavy (non-hydrogen) atoms. The predicted molar refractivity (Wildman–Crippen MR) is 95.9 cm³/mol. The van der Waals surface area contributed by atoms with Gasteiger partial charge in [0.25, 0.3) is 0 Å². The Morgan fingerprint density at radius 3 is 2.29 bits per heavy atom. The number of hydrogen-bond donors (Lipinski definition) is 2. The van der Waals surface area contributed by atoms with Crippen molar-refractivity contribution >= 4 is 20.3 Å². The summed E-state index contributed by atoms with van der Waals surface area (Å²) in [7, 11) is -2.04. The van der Waals surface area contributed by atoms with Gasteiger partial charge in [0, 0.05) is 0 Å². The Bertz CT molecular complexity index is 555. The van der Waals surface area contributed by atoms with Gasteiger partial charge in [-0.15, -0.1) is 0 Å². The molecule has 6 nitrogen and oxygen atoms in total. The molecule has 0 bridgehead atoms. The van der Waals surface area contributed by atoms with Crippen LogP contribution in [-0.2, 0) is 20.6 Å². The molecule has 1 atom stereocenters. The van der Waals surface area contributed by atoms with Crippen LogP contribution in [0.25, 0.3) is 0 Å². The zero-order valence-electron chi connectivity index (χ0n) is 15.1. The Balaban J connectivity index is 2.54. The van der Waals surface area contributed by atoms with Crippen molar-refractivity contribution in [2.45, 2.75) is 51.6 Å². The highest BCUT2D eigenvalue weighted by Gasteiger charge is 2.38. The fraction of sp³-hybridized carbons (Fsp3) is 0.529. The van der Waals surface area contributed by atoms with Crippen LogP contribution in [0.2, 0.25) is 18.1 Å². The number of ether oxygens (including phenoxy) is 1. The average molecular weight is 353 g/mol. The van der Waals surface area contributed by atoms with Crippen LogP contribution in [0.5, 0.6) is 0 Å². The Morgan fingerprint density at radius 2 is 1.79 bits per heavy atom. The minimum atomic E-state index is -2.04. The lowest BCUT2D eigenvalue weighted by Crippen LogP contribution is -2.51. The monoisotopic (exact) mass is 352 g/mol. The van der Waals surface area contributed by atoms with Crippen molar-refractivity contribution in [1.29, 1.82) is 0 Å². The molecule has 2 amide bonds. The van der Waals surface area contributed by atoms with Crippen LogP contribution in [0.3, 0.4) is 0 Å². The summed E-state index contributed by atoms with van der Waals surface area (Å²) in [5.74, 6) is -0.648. The van der Waals surface area contributed by atoms with E-state index in [0.717, 1.165) is 5.56 Å². The van der Waals surface area contributed by atoms with Gasteiger partial charge in [0.15, 0.2) is 8.32 Å². The van der Waals surface area contributed by atoms with Crippen LogP contribution in [0.15, 0.2) is 30.3 Å². The lowest BCUT2D eigenvalue weighted by molar-refractivity contribution is -0.120. The van der Waals surface area contributed by atoms with E-state index in [4.69, 9.17) is 14.9 Å². The minimum absolute atomic E-state index is 0.00299. The second kappa shape index (κ2) is 8.30. The molecule has 0 saturated heterocycles. The molecule has 0 aliphatic carbocycles. The Morgan fingerprint density at radius 1 is 1.21 bits per heavy atom. The standard InChI is InChI=1S/C17H28N2O4Si/c1-17(2,3)24(4,5)23-12-14(15(18)20)19-16(21)22-11-13-9-7-6-8-10-13/h6-10,14H,11-12H2,1-5H3,(H2,18,20)(H,19,21)/t14-/m0/s1. The number of amides is 2. The number of benzene rings is 1. The SMILES string of the molecule is CC(C)(C)[Si](C)(C)OC[C@H](NC(=O)OCc1ccccc1)C(N)=O. The predicted octanol–water partition coefficient (Wildman–Crippen LogP) is 2.79. The molecule has 0 aliphatic rings. The van der Waals surface area contributed by atoms with E-state index in [1.807, 2.05) is 30.3 Å². The topological polar surface area (TPSA) is 90.7 Å². The van der Waals surface area contributed by atoms with Crippen molar-refractivity contribution in [3.63, 3.8) is 0 Å². The normalized spacial score (nSPS) is 13.2. The molecule has 0 aromatic heterocycles. The molecule has 134 valence electrons. The molecular formula is C17H28N2O4Si. The highest BCUT2D eigenvalue weighted by Crippen LogP contribution is 2.36. The first kappa shape index (κ1) is 20.2. The molecule has 0 heterocycles. The summed E-state index contributed by atoms with van der Waals surface area (Å²) in [5, 5.41) is 2.48. The molecule has 0 spiro atoms. The third-order valence-electron chi connectivity index (χ3n) is 4.27. The van der Waals surface area contributed by atoms with Gasteiger partial charge in [-0.25, -0.2) is 4.79 Å². The van der Waals surface area contributed by atoms with Crippen LogP contribution in [-0.4, -0.2) is 33.0 Å². The zero-order valence-corrected chi connectivity index (χ0v) is 16.1. The van der Waals surface area contributed by atoms with Crippen molar-refractivity contribution < 1.29 is 18.8 Å². The van der Waals surface area contributed by atoms with E-state index >= 15 is 0 Å². The van der Waals surface area contributed by atoms with Crippen LogP contribution >= 0.6 is 0 Å². The van der Waals surface area contributed by atoms with Gasteiger partial charge in [0.1, 0.15) is 12.6 Å². The molecule has 0 saturated carbocycles. The van der Waals surface area contributed by atoms with E-state index < -0.39 is 26.4 Å². The van der Waals surface area contributed by atoms with Gasteiger partial charge >= 0.3 is 6.09 Å². The summed E-state index contributed by atoms with van der Waals surface area (Å²) in [4.78, 5) is 23.4. The van der Waals surface area contributed by atoms with E-state index in [1.165, 1.54) is 0 Å². The lowest BCUT2D eigenvalue weighted by Gasteiger charge is -2.37. The van der Waals surface area contributed by atoms with Gasteiger partial charge in [-0.2, -0.15) is 0 Å². The van der Waals surface area contributed by atoms with E-state index in [9.17, 15) is 9.59 Å². The summed E-state index contributed by atoms with van der Waals surface area (Å²) in [6.07, 6.45) is -0.693. The largest absolute Gasteiger partial charge is 0.445 e. The number of alkyl carbamates (subject to hydrolysis) is 1. The molecule has 1 aromatic rings. The molecule has 7 heteroatoms. The summed E-state index contributed by atoms with van der Waals surface area (Å²) in [5.41, 5.74) is 6.22. The van der Waals surface area contributed by atoms with Gasteiger partial charge < -0.3 is 20.2 Å². The second-order valence-corrected chi connectivity index (χ2v) is 12.0. The van der Waals surface area contributed by atoms with Crippen molar-refractivity contribution in [2.75, 3.05) is 6.61 Å². The molecule has 3 N–H and O–H groups in total. The van der Waals surface area contributed by atoms with E-state index in [2.05, 4.69) is 39.2 Å². The molecule has 0 unspecified atom stereocenters. The van der Waals surface area contributed by atoms with Gasteiger partial charge in [-0.05, 0) is 23.7 Å². The van der Waals surface area contributed by atoms with Gasteiger partial charge in [0.2, 0.25) is 5.91 Å². The Hall–Kier alpha value is -1.86. The van der Waals surface area contributed by atoms with Crippen molar-refractivity contribution in [3.8, 4) is 0 Å². The maximum Gasteiger partial charge on any atom is 0.408 e. The number of carbonyl (C=O) groups excluding carboxylic acids is 2. The van der Waals surface area contributed by atoms with Crippen molar-refractivity contribution in [2.24, 2.45) is 5.73 Å². The fourth-order valence-corrected chi connectivity index (χ4v) is 2.63. The van der Waals surface area contributed by atoms with Crippen molar-refractivity contribution in [1.82, 2.24) is 5.32 Å². The minimum Gasteiger partial charge on any atom is -0.445 e. The summed E-state index contributed by atoms with van der Waals surface area (Å²) in [6.45, 7) is 10.6. The third-order valence-corrected chi connectivity index (χ3v) is 8.77. The van der Waals surface area contributed by atoms with Gasteiger partial charge in [0.05, 0.1) is 6.61 Å². The van der Waals surface area contributed by atoms with Gasteiger partial charge in [-0.1, -0.05) is 51.1 Å². The molecule has 1 aromatic carbocycles. The number of nitrogens with one attached hydrogen (secondary N) is 1. The van der Waals surface area contributed by atoms with Crippen LogP contribution in [0, 0.1) is 0 Å². The Kier molecular flexibility index (Phi) is 6.98. The highest BCUT2D eigenvalue weighted by molar-refractivity contribution is 6.74. The quantitative estimate of drug-likeness (QED) is 0.738. The summed E-state index contributed by atoms with van der Waals surface area (Å²) in [6, 6.07) is 8.37. The number of rotatable bonds is 7. The maximum absolute atomic E-state index is 11.9. The van der Waals surface area contributed by atoms with E-state index in [0.29, 0.717) is 0 Å². The number of primary amides is 1. The first-order valence-corrected chi connectivity index (χ1v) is 10.8. The first-order chi connectivity index (χ1) is 11.0. The Labute approximate surface area is 144 Å². The second-order valence-electron chi connectivity index (χ2n) is 7.23. The molecule has 0 radical (unpaired) electrons. The smallest absolute Gasteiger partial charge is 0.408 e. The van der Waals surface area contributed by atoms with Gasteiger partial charge in [-0.3, -0.25) is 4.79 Å². The van der Waals surface area contributed by atoms with Crippen LogP contribution in [0.4, 0.5) is 4.79 Å². The number of carbonyl (C=O) groups is 2. The zero-order chi connectivity index (χ0) is 18.4. The average Bonchev–Trinajstić information content (AvgIpc) is 2.49. The third kappa shape index (κ3) is 6.33. The van der Waals surface area contributed by atoms with E-state index in [-0.39, 0.29) is 18.3 Å². The number of nitrogens with two attached hydrogens (primary N) is 1. The first-order valence-electron chi connectivity index (χ1n) is 7.93. The molecule has 0 aliphatic heterocycles. The molecular weight excluding hydrogens is 324 g/mol. The lowest BCUT2D eigenvalue weighted by atomic mass is 10.2. The summed E-state index contributed by atoms with van der Waals surface area (Å²) >= 11 is 0. The summed E-state index contributed by atoms with van der Waals surface area (Å²) < 4.78 is 11.1. The van der Waals surface area contributed by atoms with E-state index in [1.54, 1.807) is 0 Å². The van der Waals surface area contributed by atoms with Crippen LogP contribution in [0.1, 0.15) is 26.3 Å². The fourth-order valence-electron chi connectivity index (χ4n) is 1.61. The highest BCUT2D eigenvalue weighted by atomic mass is 28.4. The van der Waals surface area contributed by atoms with Crippen molar-refractivity contribution in [3.05, 3.63) is 35.9 Å². The maximum atomic E-state index is 11.9.